The maximum atomic E-state index is 12.5. The van der Waals surface area contributed by atoms with Crippen molar-refractivity contribution >= 4 is 5.91 Å². The van der Waals surface area contributed by atoms with Gasteiger partial charge in [-0.05, 0) is 37.1 Å². The van der Waals surface area contributed by atoms with Gasteiger partial charge in [0.25, 0.3) is 5.91 Å². The van der Waals surface area contributed by atoms with Crippen LogP contribution in [-0.4, -0.2) is 78.7 Å². The lowest BCUT2D eigenvalue weighted by atomic mass is 9.73. The Morgan fingerprint density at radius 3 is 2.78 bits per heavy atom. The normalized spacial score (nSPS) is 32.1. The van der Waals surface area contributed by atoms with Gasteiger partial charge in [0.1, 0.15) is 5.75 Å². The summed E-state index contributed by atoms with van der Waals surface area (Å²) in [7, 11) is 1.60. The van der Waals surface area contributed by atoms with Crippen molar-refractivity contribution < 1.29 is 24.5 Å². The molecule has 0 radical (unpaired) electrons. The SMILES string of the molecule is COc1ccc(C(=O)NC[C@H]2[C@H]3CN(C(CO)CO)C[C@]34CC[C@H]2O4)cc1. The van der Waals surface area contributed by atoms with E-state index in [1.807, 2.05) is 0 Å². The lowest BCUT2D eigenvalue weighted by molar-refractivity contribution is -0.00834. The van der Waals surface area contributed by atoms with Crippen LogP contribution in [-0.2, 0) is 4.74 Å². The number of benzene rings is 1. The van der Waals surface area contributed by atoms with Crippen molar-refractivity contribution in [1.82, 2.24) is 10.2 Å². The van der Waals surface area contributed by atoms with Crippen molar-refractivity contribution in [3.8, 4) is 5.75 Å². The molecule has 27 heavy (non-hydrogen) atoms. The van der Waals surface area contributed by atoms with Gasteiger partial charge in [-0.1, -0.05) is 0 Å². The van der Waals surface area contributed by atoms with Gasteiger partial charge in [-0.25, -0.2) is 0 Å². The Balaban J connectivity index is 1.40. The maximum Gasteiger partial charge on any atom is 0.251 e. The third-order valence-electron chi connectivity index (χ3n) is 6.60. The van der Waals surface area contributed by atoms with Crippen molar-refractivity contribution in [3.63, 3.8) is 0 Å². The molecule has 0 aliphatic carbocycles. The quantitative estimate of drug-likeness (QED) is 0.632. The van der Waals surface area contributed by atoms with E-state index in [1.54, 1.807) is 31.4 Å². The average molecular weight is 376 g/mol. The largest absolute Gasteiger partial charge is 0.497 e. The fourth-order valence-corrected chi connectivity index (χ4v) is 5.12. The minimum Gasteiger partial charge on any atom is -0.497 e. The lowest BCUT2D eigenvalue weighted by Gasteiger charge is -2.29. The van der Waals surface area contributed by atoms with Gasteiger partial charge in [0.05, 0.1) is 38.1 Å². The first kappa shape index (κ1) is 18.7. The minimum absolute atomic E-state index is 0.0540. The number of ether oxygens (including phenoxy) is 2. The summed E-state index contributed by atoms with van der Waals surface area (Å²) in [6, 6.07) is 6.85. The molecule has 1 spiro atoms. The summed E-state index contributed by atoms with van der Waals surface area (Å²) in [6.45, 7) is 2.02. The molecular formula is C20H28N2O5. The van der Waals surface area contributed by atoms with E-state index in [0.29, 0.717) is 18.0 Å². The van der Waals surface area contributed by atoms with Crippen LogP contribution in [0.3, 0.4) is 0 Å². The highest BCUT2D eigenvalue weighted by molar-refractivity contribution is 5.94. The van der Waals surface area contributed by atoms with Gasteiger partial charge in [0.15, 0.2) is 0 Å². The second kappa shape index (κ2) is 7.39. The van der Waals surface area contributed by atoms with Crippen molar-refractivity contribution in [2.24, 2.45) is 11.8 Å². The highest BCUT2D eigenvalue weighted by Gasteiger charge is 2.63. The third kappa shape index (κ3) is 3.23. The standard InChI is InChI=1S/C20H28N2O5/c1-26-15-4-2-13(3-5-15)19(25)21-8-16-17-9-22(14(10-23)11-24)12-20(17)7-6-18(16)27-20/h2-5,14,16-18,23-24H,6-12H2,1H3,(H,21,25)/t16-,17+,18+,20+/m0/s1. The summed E-state index contributed by atoms with van der Waals surface area (Å²) in [6.07, 6.45) is 2.22. The number of hydrogen-bond donors (Lipinski definition) is 3. The number of nitrogens with one attached hydrogen (secondary N) is 1. The van der Waals surface area contributed by atoms with E-state index in [2.05, 4.69) is 10.2 Å². The van der Waals surface area contributed by atoms with Crippen molar-refractivity contribution in [1.29, 1.82) is 0 Å². The first-order chi connectivity index (χ1) is 13.1. The fourth-order valence-electron chi connectivity index (χ4n) is 5.12. The molecule has 2 bridgehead atoms. The molecule has 0 saturated carbocycles. The Kier molecular flexibility index (Phi) is 5.11. The number of aliphatic hydroxyl groups excluding tert-OH is 2. The van der Waals surface area contributed by atoms with Crippen molar-refractivity contribution in [2.75, 3.05) is 40.0 Å². The molecule has 3 aliphatic heterocycles. The summed E-state index contributed by atoms with van der Waals surface area (Å²) in [5.74, 6) is 1.23. The van der Waals surface area contributed by atoms with Crippen LogP contribution >= 0.6 is 0 Å². The van der Waals surface area contributed by atoms with E-state index in [9.17, 15) is 15.0 Å². The Labute approximate surface area is 159 Å². The minimum atomic E-state index is -0.234. The molecule has 3 N–H and O–H groups in total. The van der Waals surface area contributed by atoms with Gasteiger partial charge in [0, 0.05) is 37.0 Å². The predicted molar refractivity (Wildman–Crippen MR) is 98.7 cm³/mol. The molecule has 1 aromatic rings. The fraction of sp³-hybridized carbons (Fsp3) is 0.650. The van der Waals surface area contributed by atoms with E-state index < -0.39 is 0 Å². The molecule has 3 fully saturated rings. The summed E-state index contributed by atoms with van der Waals surface area (Å²) in [5, 5.41) is 22.1. The zero-order valence-electron chi connectivity index (χ0n) is 15.6. The number of aliphatic hydroxyl groups is 2. The van der Waals surface area contributed by atoms with Crippen LogP contribution in [0.5, 0.6) is 5.75 Å². The second-order valence-electron chi connectivity index (χ2n) is 7.92. The van der Waals surface area contributed by atoms with Gasteiger partial charge < -0.3 is 25.0 Å². The number of amides is 1. The van der Waals surface area contributed by atoms with Crippen molar-refractivity contribution in [2.45, 2.75) is 30.6 Å². The molecule has 0 aromatic heterocycles. The monoisotopic (exact) mass is 376 g/mol. The molecule has 3 aliphatic rings. The predicted octanol–water partition coefficient (Wildman–Crippen LogP) is 0.258. The third-order valence-corrected chi connectivity index (χ3v) is 6.60. The molecule has 0 unspecified atom stereocenters. The second-order valence-corrected chi connectivity index (χ2v) is 7.92. The first-order valence-corrected chi connectivity index (χ1v) is 9.66. The van der Waals surface area contributed by atoms with Crippen LogP contribution in [0, 0.1) is 11.8 Å². The van der Waals surface area contributed by atoms with E-state index in [1.165, 1.54) is 0 Å². The summed E-state index contributed by atoms with van der Waals surface area (Å²) >= 11 is 0. The number of nitrogens with zero attached hydrogens (tertiary/aromatic N) is 1. The Bertz CT molecular complexity index is 677. The van der Waals surface area contributed by atoms with Gasteiger partial charge in [-0.2, -0.15) is 0 Å². The molecule has 7 nitrogen and oxygen atoms in total. The number of carbonyl (C=O) groups excluding carboxylic acids is 1. The molecular weight excluding hydrogens is 348 g/mol. The van der Waals surface area contributed by atoms with Crippen molar-refractivity contribution in [3.05, 3.63) is 29.8 Å². The Morgan fingerprint density at radius 1 is 1.37 bits per heavy atom. The number of carbonyl (C=O) groups is 1. The molecule has 7 heteroatoms. The number of rotatable bonds is 7. The van der Waals surface area contributed by atoms with Gasteiger partial charge >= 0.3 is 0 Å². The highest BCUT2D eigenvalue weighted by Crippen LogP contribution is 2.54. The molecule has 1 aromatic carbocycles. The van der Waals surface area contributed by atoms with E-state index in [4.69, 9.17) is 9.47 Å². The zero-order valence-corrected chi connectivity index (χ0v) is 15.6. The van der Waals surface area contributed by atoms with Crippen LogP contribution < -0.4 is 10.1 Å². The van der Waals surface area contributed by atoms with Gasteiger partial charge in [0.2, 0.25) is 0 Å². The lowest BCUT2D eigenvalue weighted by Crippen LogP contribution is -2.42. The number of hydrogen-bond acceptors (Lipinski definition) is 6. The molecule has 4 atom stereocenters. The zero-order chi connectivity index (χ0) is 19.0. The summed E-state index contributed by atoms with van der Waals surface area (Å²) < 4.78 is 11.5. The topological polar surface area (TPSA) is 91.3 Å². The van der Waals surface area contributed by atoms with Crippen LogP contribution in [0.15, 0.2) is 24.3 Å². The van der Waals surface area contributed by atoms with Crippen LogP contribution in [0.1, 0.15) is 23.2 Å². The van der Waals surface area contributed by atoms with Gasteiger partial charge in [-0.15, -0.1) is 0 Å². The Hall–Kier alpha value is -1.67. The van der Waals surface area contributed by atoms with E-state index in [0.717, 1.165) is 31.7 Å². The maximum absolute atomic E-state index is 12.5. The number of methoxy groups -OCH3 is 1. The molecule has 3 heterocycles. The Morgan fingerprint density at radius 2 is 2.11 bits per heavy atom. The highest BCUT2D eigenvalue weighted by atomic mass is 16.5. The smallest absolute Gasteiger partial charge is 0.251 e. The molecule has 148 valence electrons. The number of fused-ring (bicyclic) bond motifs is 1. The van der Waals surface area contributed by atoms with E-state index in [-0.39, 0.29) is 42.8 Å². The summed E-state index contributed by atoms with van der Waals surface area (Å²) in [4.78, 5) is 14.6. The molecule has 1 amide bonds. The number of likely N-dealkylation sites (tertiary alicyclic amines) is 1. The van der Waals surface area contributed by atoms with Crippen LogP contribution in [0.4, 0.5) is 0 Å². The average Bonchev–Trinajstić information content (AvgIpc) is 3.35. The van der Waals surface area contributed by atoms with Crippen LogP contribution in [0.25, 0.3) is 0 Å². The van der Waals surface area contributed by atoms with Gasteiger partial charge in [-0.3, -0.25) is 9.69 Å². The summed E-state index contributed by atoms with van der Waals surface area (Å²) in [5.41, 5.74) is 0.436. The van der Waals surface area contributed by atoms with E-state index >= 15 is 0 Å². The van der Waals surface area contributed by atoms with Crippen LogP contribution in [0.2, 0.25) is 0 Å². The molecule has 4 rings (SSSR count). The molecule has 3 saturated heterocycles. The first-order valence-electron chi connectivity index (χ1n) is 9.66.